The maximum absolute atomic E-state index is 12.2. The molecule has 6 nitrogen and oxygen atoms in total. The minimum Gasteiger partial charge on any atom is -0.454 e. The lowest BCUT2D eigenvalue weighted by atomic mass is 10.1. The number of halogens is 1. The van der Waals surface area contributed by atoms with Crippen LogP contribution >= 0.6 is 15.9 Å². The molecule has 1 saturated heterocycles. The zero-order chi connectivity index (χ0) is 16.2. The molecule has 0 unspecified atom stereocenters. The highest BCUT2D eigenvalue weighted by atomic mass is 79.9. The molecule has 0 radical (unpaired) electrons. The summed E-state index contributed by atoms with van der Waals surface area (Å²) in [6.07, 6.45) is 3.50. The second-order valence-electron chi connectivity index (χ2n) is 5.24. The first kappa shape index (κ1) is 15.8. The summed E-state index contributed by atoms with van der Waals surface area (Å²) in [5.41, 5.74) is 0.709. The molecule has 0 bridgehead atoms. The summed E-state index contributed by atoms with van der Waals surface area (Å²) in [6, 6.07) is 5.43. The van der Waals surface area contributed by atoms with Gasteiger partial charge in [-0.3, -0.25) is 4.79 Å². The molecular weight excluding hydrogens is 364 g/mol. The predicted molar refractivity (Wildman–Crippen MR) is 85.8 cm³/mol. The Bertz CT molecular complexity index is 690. The number of nitrogens with zero attached hydrogens (tertiary/aromatic N) is 1. The van der Waals surface area contributed by atoms with Crippen molar-refractivity contribution in [3.05, 3.63) is 27.7 Å². The molecule has 0 saturated carbocycles. The smallest absolute Gasteiger partial charge is 0.262 e. The van der Waals surface area contributed by atoms with Gasteiger partial charge in [0, 0.05) is 17.6 Å². The number of fused-ring (bicyclic) bond motifs is 1. The zero-order valence-corrected chi connectivity index (χ0v) is 13.9. The Morgan fingerprint density at radius 1 is 1.43 bits per heavy atom. The molecule has 2 heterocycles. The summed E-state index contributed by atoms with van der Waals surface area (Å²) in [5.74, 6) is 0.819. The number of hydrogen-bond donors (Lipinski definition) is 1. The normalized spacial score (nSPS) is 19.5. The topological polar surface area (TPSA) is 80.6 Å². The van der Waals surface area contributed by atoms with Gasteiger partial charge in [0.05, 0.1) is 6.10 Å². The molecule has 2 aliphatic heterocycles. The molecule has 0 aromatic heterocycles. The number of nitrogens with one attached hydrogen (secondary N) is 1. The molecule has 1 aromatic carbocycles. The van der Waals surface area contributed by atoms with Gasteiger partial charge < -0.3 is 19.5 Å². The van der Waals surface area contributed by atoms with Crippen molar-refractivity contribution in [2.24, 2.45) is 0 Å². The molecule has 7 heteroatoms. The maximum Gasteiger partial charge on any atom is 0.262 e. The number of hydrogen-bond acceptors (Lipinski definition) is 5. The Kier molecular flexibility index (Phi) is 4.84. The van der Waals surface area contributed by atoms with Crippen molar-refractivity contribution in [3.8, 4) is 17.6 Å². The summed E-state index contributed by atoms with van der Waals surface area (Å²) in [5, 5.41) is 12.0. The van der Waals surface area contributed by atoms with Crippen molar-refractivity contribution in [2.45, 2.75) is 18.9 Å². The van der Waals surface area contributed by atoms with E-state index in [2.05, 4.69) is 21.2 Å². The number of carbonyl (C=O) groups is 1. The number of nitriles is 1. The number of rotatable bonds is 4. The highest BCUT2D eigenvalue weighted by Gasteiger charge is 2.19. The van der Waals surface area contributed by atoms with Crippen molar-refractivity contribution in [2.75, 3.05) is 19.9 Å². The van der Waals surface area contributed by atoms with E-state index in [1.807, 2.05) is 6.07 Å². The molecule has 3 rings (SSSR count). The van der Waals surface area contributed by atoms with Crippen molar-refractivity contribution < 1.29 is 19.0 Å². The largest absolute Gasteiger partial charge is 0.454 e. The Labute approximate surface area is 142 Å². The first-order valence-electron chi connectivity index (χ1n) is 7.28. The molecule has 2 aliphatic rings. The number of ether oxygens (including phenoxy) is 3. The molecule has 1 aromatic rings. The lowest BCUT2D eigenvalue weighted by molar-refractivity contribution is -0.117. The van der Waals surface area contributed by atoms with Gasteiger partial charge in [0.2, 0.25) is 6.79 Å². The van der Waals surface area contributed by atoms with Crippen LogP contribution in [0, 0.1) is 11.3 Å². The molecule has 1 fully saturated rings. The van der Waals surface area contributed by atoms with Crippen LogP contribution in [0.25, 0.3) is 6.08 Å². The average Bonchev–Trinajstić information content (AvgIpc) is 3.21. The fourth-order valence-electron chi connectivity index (χ4n) is 2.45. The second kappa shape index (κ2) is 7.02. The minimum absolute atomic E-state index is 0.0302. The minimum atomic E-state index is -0.410. The molecule has 23 heavy (non-hydrogen) atoms. The first-order valence-corrected chi connectivity index (χ1v) is 8.07. The molecule has 0 spiro atoms. The van der Waals surface area contributed by atoms with Crippen molar-refractivity contribution >= 4 is 27.9 Å². The number of amides is 1. The van der Waals surface area contributed by atoms with E-state index >= 15 is 0 Å². The Morgan fingerprint density at radius 3 is 2.91 bits per heavy atom. The van der Waals surface area contributed by atoms with Crippen LogP contribution in [0.15, 0.2) is 22.2 Å². The van der Waals surface area contributed by atoms with Crippen LogP contribution in [-0.2, 0) is 9.53 Å². The molecular formula is C16H15BrN2O4. The summed E-state index contributed by atoms with van der Waals surface area (Å²) in [7, 11) is 0. The molecule has 1 N–H and O–H groups in total. The Morgan fingerprint density at radius 2 is 2.22 bits per heavy atom. The van der Waals surface area contributed by atoms with Gasteiger partial charge in [0.25, 0.3) is 5.91 Å². The fraction of sp³-hybridized carbons (Fsp3) is 0.375. The van der Waals surface area contributed by atoms with Gasteiger partial charge in [-0.15, -0.1) is 0 Å². The van der Waals surface area contributed by atoms with E-state index in [4.69, 9.17) is 14.2 Å². The molecule has 0 aliphatic carbocycles. The lowest BCUT2D eigenvalue weighted by Gasteiger charge is -2.10. The van der Waals surface area contributed by atoms with E-state index in [-0.39, 0.29) is 18.5 Å². The van der Waals surface area contributed by atoms with Gasteiger partial charge >= 0.3 is 0 Å². The van der Waals surface area contributed by atoms with E-state index < -0.39 is 5.91 Å². The SMILES string of the molecule is N#C/C(=C\c1cc2c(cc1Br)OCO2)C(=O)NC[C@H]1CCCO1. The summed E-state index contributed by atoms with van der Waals surface area (Å²) in [6.45, 7) is 1.31. The average molecular weight is 379 g/mol. The third-order valence-electron chi connectivity index (χ3n) is 3.67. The zero-order valence-electron chi connectivity index (χ0n) is 12.3. The Balaban J connectivity index is 1.73. The van der Waals surface area contributed by atoms with E-state index in [9.17, 15) is 10.1 Å². The monoisotopic (exact) mass is 378 g/mol. The standard InChI is InChI=1S/C16H15BrN2O4/c17-13-6-15-14(22-9-23-15)5-10(13)4-11(7-18)16(20)19-8-12-2-1-3-21-12/h4-6,12H,1-3,8-9H2,(H,19,20)/b11-4+/t12-/m1/s1. The van der Waals surface area contributed by atoms with Crippen LogP contribution in [0.4, 0.5) is 0 Å². The van der Waals surface area contributed by atoms with Crippen molar-refractivity contribution in [1.29, 1.82) is 5.26 Å². The lowest BCUT2D eigenvalue weighted by Crippen LogP contribution is -2.32. The van der Waals surface area contributed by atoms with Gasteiger partial charge in [-0.05, 0) is 36.6 Å². The molecule has 1 amide bonds. The number of benzene rings is 1. The number of carbonyl (C=O) groups excluding carboxylic acids is 1. The third kappa shape index (κ3) is 3.66. The predicted octanol–water partition coefficient (Wildman–Crippen LogP) is 2.38. The van der Waals surface area contributed by atoms with Gasteiger partial charge in [-0.2, -0.15) is 5.26 Å². The van der Waals surface area contributed by atoms with Crippen LogP contribution in [-0.4, -0.2) is 32.0 Å². The summed E-state index contributed by atoms with van der Waals surface area (Å²) < 4.78 is 16.8. The third-order valence-corrected chi connectivity index (χ3v) is 4.36. The Hall–Kier alpha value is -2.04. The summed E-state index contributed by atoms with van der Waals surface area (Å²) >= 11 is 3.41. The fourth-order valence-corrected chi connectivity index (χ4v) is 2.89. The van der Waals surface area contributed by atoms with Crippen LogP contribution in [0.1, 0.15) is 18.4 Å². The van der Waals surface area contributed by atoms with Crippen molar-refractivity contribution in [1.82, 2.24) is 5.32 Å². The van der Waals surface area contributed by atoms with Crippen LogP contribution in [0.5, 0.6) is 11.5 Å². The molecule has 120 valence electrons. The van der Waals surface area contributed by atoms with Crippen molar-refractivity contribution in [3.63, 3.8) is 0 Å². The van der Waals surface area contributed by atoms with Gasteiger partial charge in [0.1, 0.15) is 11.6 Å². The first-order chi connectivity index (χ1) is 11.2. The van der Waals surface area contributed by atoms with Crippen LogP contribution in [0.2, 0.25) is 0 Å². The quantitative estimate of drug-likeness (QED) is 0.642. The van der Waals surface area contributed by atoms with Gasteiger partial charge in [-0.1, -0.05) is 15.9 Å². The molecule has 1 atom stereocenters. The van der Waals surface area contributed by atoms with E-state index in [1.54, 1.807) is 12.1 Å². The van der Waals surface area contributed by atoms with E-state index in [0.29, 0.717) is 23.6 Å². The second-order valence-corrected chi connectivity index (χ2v) is 6.10. The maximum atomic E-state index is 12.2. The summed E-state index contributed by atoms with van der Waals surface area (Å²) in [4.78, 5) is 12.2. The van der Waals surface area contributed by atoms with E-state index in [1.165, 1.54) is 6.08 Å². The van der Waals surface area contributed by atoms with E-state index in [0.717, 1.165) is 23.9 Å². The highest BCUT2D eigenvalue weighted by molar-refractivity contribution is 9.10. The highest BCUT2D eigenvalue weighted by Crippen LogP contribution is 2.37. The van der Waals surface area contributed by atoms with Gasteiger partial charge in [-0.25, -0.2) is 0 Å². The van der Waals surface area contributed by atoms with Gasteiger partial charge in [0.15, 0.2) is 11.5 Å². The van der Waals surface area contributed by atoms with Crippen LogP contribution < -0.4 is 14.8 Å². The van der Waals surface area contributed by atoms with Crippen LogP contribution in [0.3, 0.4) is 0 Å².